The van der Waals surface area contributed by atoms with Crippen molar-refractivity contribution in [3.63, 3.8) is 0 Å². The van der Waals surface area contributed by atoms with Crippen LogP contribution in [0, 0.1) is 5.41 Å². The number of alkyl halides is 3. The molecule has 0 bridgehead atoms. The number of carbonyl (C=O) groups is 2. The number of rotatable bonds is 4. The zero-order chi connectivity index (χ0) is 27.4. The summed E-state index contributed by atoms with van der Waals surface area (Å²) in [6.07, 6.45) is -1.32. The summed E-state index contributed by atoms with van der Waals surface area (Å²) in [5.41, 5.74) is 6.72. The molecule has 0 unspecified atom stereocenters. The van der Waals surface area contributed by atoms with Crippen LogP contribution in [0.2, 0.25) is 0 Å². The van der Waals surface area contributed by atoms with Crippen molar-refractivity contribution in [3.8, 4) is 0 Å². The summed E-state index contributed by atoms with van der Waals surface area (Å²) < 4.78 is 40.8. The Kier molecular flexibility index (Phi) is 6.00. The van der Waals surface area contributed by atoms with Gasteiger partial charge in [-0.1, -0.05) is 13.8 Å². The predicted octanol–water partition coefficient (Wildman–Crippen LogP) is 4.32. The number of pyridine rings is 2. The lowest BCUT2D eigenvalue weighted by Crippen LogP contribution is -2.53. The van der Waals surface area contributed by atoms with Crippen LogP contribution in [0.15, 0.2) is 42.7 Å². The van der Waals surface area contributed by atoms with Crippen molar-refractivity contribution in [3.05, 3.63) is 59.5 Å². The highest BCUT2D eigenvalue weighted by Gasteiger charge is 2.37. The van der Waals surface area contributed by atoms with Crippen LogP contribution in [-0.2, 0) is 24.6 Å². The van der Waals surface area contributed by atoms with E-state index in [0.29, 0.717) is 34.0 Å². The lowest BCUT2D eigenvalue weighted by Gasteiger charge is -2.42. The molecule has 198 valence electrons. The number of amides is 2. The van der Waals surface area contributed by atoms with E-state index in [-0.39, 0.29) is 42.1 Å². The van der Waals surface area contributed by atoms with E-state index >= 15 is 0 Å². The first-order valence-electron chi connectivity index (χ1n) is 12.0. The highest BCUT2D eigenvalue weighted by atomic mass is 19.4. The number of halogens is 3. The lowest BCUT2D eigenvalue weighted by molar-refractivity contribution is -0.154. The van der Waals surface area contributed by atoms with E-state index in [1.807, 2.05) is 13.8 Å². The molecule has 2 N–H and O–H groups in total. The number of nitrogens with zero attached hydrogens (tertiary/aromatic N) is 6. The molecular weight excluding hydrogens is 499 g/mol. The zero-order valence-electron chi connectivity index (χ0n) is 21.1. The lowest BCUT2D eigenvalue weighted by atomic mass is 9.83. The van der Waals surface area contributed by atoms with Crippen LogP contribution in [0.3, 0.4) is 0 Å². The second-order valence-corrected chi connectivity index (χ2v) is 10.3. The third-order valence-corrected chi connectivity index (χ3v) is 6.86. The monoisotopic (exact) mass is 525 g/mol. The average molecular weight is 526 g/mol. The Bertz CT molecular complexity index is 1560. The van der Waals surface area contributed by atoms with E-state index in [2.05, 4.69) is 15.1 Å². The molecule has 0 aliphatic carbocycles. The molecule has 1 aliphatic rings. The summed E-state index contributed by atoms with van der Waals surface area (Å²) in [5, 5.41) is 8.18. The number of aromatic nitrogens is 4. The number of nitrogen functional groups attached to an aromatic ring is 1. The summed E-state index contributed by atoms with van der Waals surface area (Å²) in [6, 6.07) is 7.05. The van der Waals surface area contributed by atoms with Crippen LogP contribution in [0.25, 0.3) is 21.8 Å². The van der Waals surface area contributed by atoms with E-state index in [4.69, 9.17) is 5.73 Å². The molecule has 4 aromatic rings. The Labute approximate surface area is 216 Å². The molecule has 0 spiro atoms. The summed E-state index contributed by atoms with van der Waals surface area (Å²) in [5.74, 6) is -0.421. The predicted molar refractivity (Wildman–Crippen MR) is 134 cm³/mol. The number of aryl methyl sites for hydroxylation is 1. The molecule has 38 heavy (non-hydrogen) atoms. The van der Waals surface area contributed by atoms with Crippen molar-refractivity contribution in [1.29, 1.82) is 0 Å². The van der Waals surface area contributed by atoms with Gasteiger partial charge in [0.2, 0.25) is 5.91 Å². The molecule has 1 aliphatic heterocycles. The van der Waals surface area contributed by atoms with Crippen LogP contribution >= 0.6 is 0 Å². The quantitative estimate of drug-likeness (QED) is 0.425. The summed E-state index contributed by atoms with van der Waals surface area (Å²) in [4.78, 5) is 35.4. The average Bonchev–Trinajstić information content (AvgIpc) is 3.24. The van der Waals surface area contributed by atoms with Gasteiger partial charge in [0.15, 0.2) is 0 Å². The summed E-state index contributed by atoms with van der Waals surface area (Å²) >= 11 is 0. The van der Waals surface area contributed by atoms with Gasteiger partial charge in [0, 0.05) is 37.2 Å². The number of carbonyl (C=O) groups excluding carboxylic acids is 2. The maximum Gasteiger partial charge on any atom is 0.417 e. The third-order valence-electron chi connectivity index (χ3n) is 6.86. The molecule has 3 aromatic heterocycles. The van der Waals surface area contributed by atoms with E-state index < -0.39 is 17.6 Å². The normalized spacial score (nSPS) is 15.8. The van der Waals surface area contributed by atoms with E-state index in [1.165, 1.54) is 16.1 Å². The molecular formula is C26H26F3N7O2. The van der Waals surface area contributed by atoms with Crippen molar-refractivity contribution in [2.45, 2.75) is 39.4 Å². The minimum absolute atomic E-state index is 0.178. The minimum atomic E-state index is -4.53. The van der Waals surface area contributed by atoms with Crippen LogP contribution in [0.1, 0.15) is 48.3 Å². The van der Waals surface area contributed by atoms with Crippen molar-refractivity contribution >= 4 is 39.4 Å². The number of benzene rings is 1. The molecule has 5 rings (SSSR count). The fourth-order valence-corrected chi connectivity index (χ4v) is 4.72. The molecule has 1 fully saturated rings. The number of nitrogens with two attached hydrogens (primary N) is 1. The number of hydrogen-bond acceptors (Lipinski definition) is 6. The molecule has 9 nitrogen and oxygen atoms in total. The Morgan fingerprint density at radius 1 is 1.16 bits per heavy atom. The summed E-state index contributed by atoms with van der Waals surface area (Å²) in [7, 11) is 1.76. The van der Waals surface area contributed by atoms with E-state index in [0.717, 1.165) is 12.3 Å². The molecule has 0 atom stereocenters. The molecule has 12 heteroatoms. The third kappa shape index (κ3) is 4.61. The molecule has 1 aromatic carbocycles. The molecule has 4 heterocycles. The number of anilines is 1. The maximum absolute atomic E-state index is 13.9. The van der Waals surface area contributed by atoms with Crippen molar-refractivity contribution < 1.29 is 22.8 Å². The van der Waals surface area contributed by atoms with Gasteiger partial charge in [0.05, 0.1) is 40.4 Å². The van der Waals surface area contributed by atoms with E-state index in [9.17, 15) is 22.8 Å². The van der Waals surface area contributed by atoms with Gasteiger partial charge >= 0.3 is 6.18 Å². The smallest absolute Gasteiger partial charge is 0.383 e. The van der Waals surface area contributed by atoms with Crippen LogP contribution < -0.4 is 5.73 Å². The standard InChI is InChI=1S/C26H26F3N7O2/c1-25(2)8-9-35(21(37)11-25)36(14-17-6-5-16(12-31-17)26(27,28)29)24(38)15-4-7-20-18(10-15)22-19(23(30)33-20)13-32-34(22)3/h4-7,10,12-13H,8-9,11,14H2,1-3H3,(H2,30,33). The second-order valence-electron chi connectivity index (χ2n) is 10.3. The van der Waals surface area contributed by atoms with Crippen LogP contribution in [0.4, 0.5) is 19.0 Å². The Balaban J connectivity index is 1.55. The van der Waals surface area contributed by atoms with Gasteiger partial charge in [0.1, 0.15) is 5.82 Å². The topological polar surface area (TPSA) is 110 Å². The van der Waals surface area contributed by atoms with Gasteiger partial charge in [-0.25, -0.2) is 9.99 Å². The number of fused-ring (bicyclic) bond motifs is 3. The Morgan fingerprint density at radius 2 is 1.92 bits per heavy atom. The number of hydrogen-bond donors (Lipinski definition) is 1. The largest absolute Gasteiger partial charge is 0.417 e. The van der Waals surface area contributed by atoms with Gasteiger partial charge in [-0.05, 0) is 42.2 Å². The van der Waals surface area contributed by atoms with Gasteiger partial charge < -0.3 is 5.73 Å². The van der Waals surface area contributed by atoms with E-state index in [1.54, 1.807) is 36.1 Å². The van der Waals surface area contributed by atoms with Crippen molar-refractivity contribution in [2.24, 2.45) is 12.5 Å². The first kappa shape index (κ1) is 25.4. The van der Waals surface area contributed by atoms with Gasteiger partial charge in [0.25, 0.3) is 5.91 Å². The Morgan fingerprint density at radius 3 is 2.58 bits per heavy atom. The molecule has 0 saturated carbocycles. The fourth-order valence-electron chi connectivity index (χ4n) is 4.72. The minimum Gasteiger partial charge on any atom is -0.383 e. The Hall–Kier alpha value is -4.22. The molecule has 2 amide bonds. The molecule has 1 saturated heterocycles. The van der Waals surface area contributed by atoms with Gasteiger partial charge in [-0.15, -0.1) is 0 Å². The zero-order valence-corrected chi connectivity index (χ0v) is 21.1. The maximum atomic E-state index is 13.9. The van der Waals surface area contributed by atoms with Gasteiger partial charge in [-0.3, -0.25) is 24.3 Å². The van der Waals surface area contributed by atoms with Crippen LogP contribution in [-0.4, -0.2) is 48.1 Å². The van der Waals surface area contributed by atoms with Crippen molar-refractivity contribution in [2.75, 3.05) is 12.3 Å². The first-order valence-corrected chi connectivity index (χ1v) is 12.0. The molecule has 0 radical (unpaired) electrons. The van der Waals surface area contributed by atoms with Gasteiger partial charge in [-0.2, -0.15) is 18.3 Å². The summed E-state index contributed by atoms with van der Waals surface area (Å²) in [6.45, 7) is 4.07. The highest BCUT2D eigenvalue weighted by molar-refractivity contribution is 6.10. The number of piperidine rings is 1. The highest BCUT2D eigenvalue weighted by Crippen LogP contribution is 2.33. The SMILES string of the molecule is Cn1ncc2c(N)nc3ccc(C(=O)N(Cc4ccc(C(F)(F)F)cn4)N4CCC(C)(C)CC4=O)cc3c21. The second kappa shape index (κ2) is 8.96. The number of hydrazine groups is 1. The van der Waals surface area contributed by atoms with Crippen molar-refractivity contribution in [1.82, 2.24) is 29.8 Å². The fraction of sp³-hybridized carbons (Fsp3) is 0.346. The van der Waals surface area contributed by atoms with Crippen LogP contribution in [0.5, 0.6) is 0 Å². The first-order chi connectivity index (χ1) is 17.8.